The van der Waals surface area contributed by atoms with Crippen molar-refractivity contribution < 1.29 is 23.0 Å². The van der Waals surface area contributed by atoms with E-state index in [1.165, 1.54) is 24.3 Å². The number of nitrogens with zero attached hydrogens (tertiary/aromatic N) is 2. The Morgan fingerprint density at radius 1 is 1.22 bits per heavy atom. The molecule has 4 unspecified atom stereocenters. The summed E-state index contributed by atoms with van der Waals surface area (Å²) < 4.78 is 42.8. The number of nitriles is 1. The molecule has 6 nitrogen and oxygen atoms in total. The second-order valence-electron chi connectivity index (χ2n) is 12.6. The molecule has 2 saturated heterocycles. The van der Waals surface area contributed by atoms with Crippen LogP contribution in [-0.4, -0.2) is 48.9 Å². The largest absolute Gasteiger partial charge is 0.355 e. The smallest absolute Gasteiger partial charge is 0.234 e. The highest BCUT2D eigenvalue weighted by Crippen LogP contribution is 2.56. The molecule has 2 aromatic carbocycles. The van der Waals surface area contributed by atoms with Crippen molar-refractivity contribution in [2.75, 3.05) is 26.2 Å². The minimum atomic E-state index is -1.53. The van der Waals surface area contributed by atoms with Crippen molar-refractivity contribution in [2.45, 2.75) is 70.8 Å². The zero-order valence-electron chi connectivity index (χ0n) is 24.1. The first-order chi connectivity index (χ1) is 19.2. The fourth-order valence-electron chi connectivity index (χ4n) is 6.26. The number of hydrogen-bond acceptors (Lipinski definition) is 5. The van der Waals surface area contributed by atoms with E-state index >= 15 is 8.78 Å². The fraction of sp³-hybridized carbons (Fsp3) is 0.548. The molecule has 0 spiro atoms. The summed E-state index contributed by atoms with van der Waals surface area (Å²) in [6.07, 6.45) is 0.946. The summed E-state index contributed by atoms with van der Waals surface area (Å²) >= 11 is 12.3. The second kappa shape index (κ2) is 12.1. The molecule has 4 atom stereocenters. The summed E-state index contributed by atoms with van der Waals surface area (Å²) in [7, 11) is 0. The Kier molecular flexibility index (Phi) is 9.37. The number of rotatable bonds is 8. The summed E-state index contributed by atoms with van der Waals surface area (Å²) in [5, 5.41) is 13.9. The summed E-state index contributed by atoms with van der Waals surface area (Å²) in [4.78, 5) is 15.0. The van der Waals surface area contributed by atoms with E-state index in [9.17, 15) is 10.1 Å². The van der Waals surface area contributed by atoms with Crippen LogP contribution >= 0.6 is 23.2 Å². The van der Waals surface area contributed by atoms with Crippen LogP contribution in [0.4, 0.5) is 8.78 Å². The summed E-state index contributed by atoms with van der Waals surface area (Å²) in [6, 6.07) is 10.2. The predicted octanol–water partition coefficient (Wildman–Crippen LogP) is 6.80. The number of amides is 1. The van der Waals surface area contributed by atoms with Gasteiger partial charge in [-0.05, 0) is 56.2 Å². The molecule has 10 heteroatoms. The van der Waals surface area contributed by atoms with Crippen molar-refractivity contribution in [1.29, 1.82) is 5.26 Å². The number of ether oxygens (including phenoxy) is 2. The molecule has 41 heavy (non-hydrogen) atoms. The van der Waals surface area contributed by atoms with Gasteiger partial charge >= 0.3 is 0 Å². The first kappa shape index (κ1) is 31.7. The quantitative estimate of drug-likeness (QED) is 0.357. The van der Waals surface area contributed by atoms with E-state index in [-0.39, 0.29) is 51.7 Å². The molecule has 1 N–H and O–H groups in total. The molecule has 0 aromatic heterocycles. The topological polar surface area (TPSA) is 74.6 Å². The lowest BCUT2D eigenvalue weighted by atomic mass is 9.63. The number of benzene rings is 2. The molecular weight excluding hydrogens is 571 g/mol. The van der Waals surface area contributed by atoms with E-state index in [1.54, 1.807) is 17.0 Å². The first-order valence-corrected chi connectivity index (χ1v) is 14.6. The molecule has 2 aromatic rings. The first-order valence-electron chi connectivity index (χ1n) is 13.8. The Balaban J connectivity index is 1.72. The normalized spacial score (nSPS) is 26.2. The van der Waals surface area contributed by atoms with Gasteiger partial charge in [-0.15, -0.1) is 0 Å². The summed E-state index contributed by atoms with van der Waals surface area (Å²) in [5.41, 5.74) is -1.53. The molecule has 1 amide bonds. The highest BCUT2D eigenvalue weighted by molar-refractivity contribution is 6.31. The highest BCUT2D eigenvalue weighted by atomic mass is 35.5. The molecule has 2 fully saturated rings. The number of carbonyl (C=O) groups excluding carboxylic acids is 1. The zero-order chi connectivity index (χ0) is 30.2. The highest BCUT2D eigenvalue weighted by Gasteiger charge is 2.59. The summed E-state index contributed by atoms with van der Waals surface area (Å²) in [5.74, 6) is -2.74. The Labute approximate surface area is 250 Å². The SMILES string of the molecule is CC(C)(C)CC1CN(CC(=O)NCCC2COC(C)(C)O2)C(c2cccc(Cl)c2F)C1(C#N)c1ccc(Cl)cc1F. The molecule has 2 heterocycles. The molecule has 4 rings (SSSR count). The van der Waals surface area contributed by atoms with E-state index in [1.807, 2.05) is 34.6 Å². The van der Waals surface area contributed by atoms with Crippen LogP contribution < -0.4 is 5.32 Å². The van der Waals surface area contributed by atoms with Crippen molar-refractivity contribution in [3.05, 3.63) is 69.2 Å². The van der Waals surface area contributed by atoms with Crippen molar-refractivity contribution >= 4 is 29.1 Å². The van der Waals surface area contributed by atoms with E-state index in [4.69, 9.17) is 32.7 Å². The molecule has 222 valence electrons. The van der Waals surface area contributed by atoms with Crippen LogP contribution in [0.5, 0.6) is 0 Å². The van der Waals surface area contributed by atoms with Crippen LogP contribution in [-0.2, 0) is 19.7 Å². The van der Waals surface area contributed by atoms with E-state index in [0.29, 0.717) is 26.0 Å². The third-order valence-corrected chi connectivity index (χ3v) is 8.32. The number of carbonyl (C=O) groups is 1. The maximum Gasteiger partial charge on any atom is 0.234 e. The van der Waals surface area contributed by atoms with Gasteiger partial charge in [0.15, 0.2) is 5.79 Å². The van der Waals surface area contributed by atoms with Gasteiger partial charge in [-0.3, -0.25) is 9.69 Å². The number of likely N-dealkylation sites (tertiary alicyclic amines) is 1. The average molecular weight is 609 g/mol. The number of hydrogen-bond donors (Lipinski definition) is 1. The minimum Gasteiger partial charge on any atom is -0.355 e. The Hall–Kier alpha value is -2.28. The van der Waals surface area contributed by atoms with Gasteiger partial charge < -0.3 is 14.8 Å². The average Bonchev–Trinajstić information content (AvgIpc) is 3.36. The van der Waals surface area contributed by atoms with Gasteiger partial charge in [0.2, 0.25) is 5.91 Å². The van der Waals surface area contributed by atoms with Crippen LogP contribution in [0.2, 0.25) is 10.0 Å². The van der Waals surface area contributed by atoms with Gasteiger partial charge in [0.05, 0.1) is 36.4 Å². The van der Waals surface area contributed by atoms with E-state index < -0.39 is 34.8 Å². The van der Waals surface area contributed by atoms with E-state index in [2.05, 4.69) is 11.4 Å². The molecule has 0 aliphatic carbocycles. The predicted molar refractivity (Wildman–Crippen MR) is 155 cm³/mol. The molecule has 2 aliphatic rings. The zero-order valence-corrected chi connectivity index (χ0v) is 25.6. The van der Waals surface area contributed by atoms with Crippen LogP contribution in [0.1, 0.15) is 64.6 Å². The van der Waals surface area contributed by atoms with Crippen LogP contribution in [0.15, 0.2) is 36.4 Å². The van der Waals surface area contributed by atoms with Crippen LogP contribution in [0.25, 0.3) is 0 Å². The maximum atomic E-state index is 15.7. The lowest BCUT2D eigenvalue weighted by molar-refractivity contribution is -0.138. The van der Waals surface area contributed by atoms with Crippen molar-refractivity contribution in [2.24, 2.45) is 11.3 Å². The lowest BCUT2D eigenvalue weighted by Crippen LogP contribution is -2.42. The molecule has 0 radical (unpaired) electrons. The van der Waals surface area contributed by atoms with E-state index in [0.717, 1.165) is 0 Å². The van der Waals surface area contributed by atoms with Gasteiger partial charge in [-0.2, -0.15) is 5.26 Å². The third-order valence-electron chi connectivity index (χ3n) is 7.79. The Bertz CT molecular complexity index is 1330. The number of halogens is 4. The van der Waals surface area contributed by atoms with Crippen molar-refractivity contribution in [3.8, 4) is 6.07 Å². The maximum absolute atomic E-state index is 15.7. The third kappa shape index (κ3) is 6.87. The lowest BCUT2D eigenvalue weighted by Gasteiger charge is -2.38. The fourth-order valence-corrected chi connectivity index (χ4v) is 6.60. The van der Waals surface area contributed by atoms with Gasteiger partial charge in [0.25, 0.3) is 0 Å². The second-order valence-corrected chi connectivity index (χ2v) is 13.5. The molecule has 0 bridgehead atoms. The monoisotopic (exact) mass is 607 g/mol. The van der Waals surface area contributed by atoms with Gasteiger partial charge in [0.1, 0.15) is 17.0 Å². The Morgan fingerprint density at radius 2 is 1.95 bits per heavy atom. The molecule has 0 saturated carbocycles. The number of nitrogens with one attached hydrogen (secondary N) is 1. The molecule has 2 aliphatic heterocycles. The Morgan fingerprint density at radius 3 is 2.56 bits per heavy atom. The van der Waals surface area contributed by atoms with Gasteiger partial charge in [-0.1, -0.05) is 62.2 Å². The van der Waals surface area contributed by atoms with Crippen LogP contribution in [0, 0.1) is 34.3 Å². The standard InChI is InChI=1S/C31H37Cl2F2N3O3/c1-29(2,3)14-19-15-38(16-26(39)37-12-11-21-17-40-30(4,5)41-21)28(22-7-6-8-24(33)27(22)35)31(19,18-36)23-10-9-20(32)13-25(23)34/h6-10,13,19,21,28H,11-12,14-17H2,1-5H3,(H,37,39). The van der Waals surface area contributed by atoms with Crippen molar-refractivity contribution in [1.82, 2.24) is 10.2 Å². The van der Waals surface area contributed by atoms with Crippen LogP contribution in [0.3, 0.4) is 0 Å². The van der Waals surface area contributed by atoms with Gasteiger partial charge in [-0.25, -0.2) is 8.78 Å². The van der Waals surface area contributed by atoms with Crippen molar-refractivity contribution in [3.63, 3.8) is 0 Å². The summed E-state index contributed by atoms with van der Waals surface area (Å²) in [6.45, 7) is 10.7. The minimum absolute atomic E-state index is 0.115. The molecular formula is C31H37Cl2F2N3O3. The van der Waals surface area contributed by atoms with Gasteiger partial charge in [0, 0.05) is 29.2 Å².